The summed E-state index contributed by atoms with van der Waals surface area (Å²) >= 11 is 0. The molecule has 0 spiro atoms. The van der Waals surface area contributed by atoms with Crippen LogP contribution in [0.2, 0.25) is 0 Å². The van der Waals surface area contributed by atoms with Gasteiger partial charge < -0.3 is 4.98 Å². The Morgan fingerprint density at radius 2 is 1.93 bits per heavy atom. The summed E-state index contributed by atoms with van der Waals surface area (Å²) in [6, 6.07) is 12.5. The highest BCUT2D eigenvalue weighted by Crippen LogP contribution is 2.46. The number of nitrogens with zero attached hydrogens (tertiary/aromatic N) is 1. The molecule has 0 aliphatic carbocycles. The Hall–Kier alpha value is -2.87. The molecule has 140 valence electrons. The minimum Gasteiger partial charge on any atom is -0.356 e. The molecule has 8 heteroatoms. The third-order valence-electron chi connectivity index (χ3n) is 5.12. The lowest BCUT2D eigenvalue weighted by Gasteiger charge is -2.40. The number of non-ortho nitro benzene ring substituents is 1. The van der Waals surface area contributed by atoms with Crippen molar-refractivity contribution in [1.82, 2.24) is 10.3 Å². The highest BCUT2D eigenvalue weighted by Gasteiger charge is 2.58. The van der Waals surface area contributed by atoms with Crippen LogP contribution in [0.5, 0.6) is 0 Å². The van der Waals surface area contributed by atoms with Gasteiger partial charge in [0.05, 0.1) is 4.92 Å². The zero-order valence-corrected chi connectivity index (χ0v) is 14.1. The molecular formula is C19H16F3N3O2. The Labute approximate surface area is 152 Å². The van der Waals surface area contributed by atoms with E-state index in [1.54, 1.807) is 18.2 Å². The number of rotatable bonds is 3. The molecule has 2 heterocycles. The molecule has 1 aliphatic heterocycles. The first-order chi connectivity index (χ1) is 12.8. The number of fused-ring (bicyclic) bond motifs is 3. The van der Waals surface area contributed by atoms with Crippen LogP contribution in [0.15, 0.2) is 48.5 Å². The number of aromatic amines is 1. The van der Waals surface area contributed by atoms with E-state index in [0.29, 0.717) is 17.5 Å². The molecule has 4 rings (SSSR count). The van der Waals surface area contributed by atoms with Gasteiger partial charge in [0.1, 0.15) is 0 Å². The van der Waals surface area contributed by atoms with Gasteiger partial charge in [0.2, 0.25) is 0 Å². The van der Waals surface area contributed by atoms with Crippen LogP contribution < -0.4 is 5.32 Å². The van der Waals surface area contributed by atoms with Crippen molar-refractivity contribution in [3.8, 4) is 0 Å². The van der Waals surface area contributed by atoms with Gasteiger partial charge in [0.25, 0.3) is 5.69 Å². The van der Waals surface area contributed by atoms with E-state index in [1.165, 1.54) is 24.3 Å². The predicted octanol–water partition coefficient (Wildman–Crippen LogP) is 4.22. The summed E-state index contributed by atoms with van der Waals surface area (Å²) in [6.45, 7) is 0.170. The second-order valence-electron chi connectivity index (χ2n) is 6.71. The van der Waals surface area contributed by atoms with E-state index >= 15 is 0 Å². The molecule has 1 unspecified atom stereocenters. The second kappa shape index (κ2) is 6.09. The summed E-state index contributed by atoms with van der Waals surface area (Å²) in [6.07, 6.45) is -4.54. The van der Waals surface area contributed by atoms with Crippen LogP contribution in [0.25, 0.3) is 10.9 Å². The van der Waals surface area contributed by atoms with Crippen molar-refractivity contribution in [2.75, 3.05) is 6.54 Å². The van der Waals surface area contributed by atoms with Gasteiger partial charge in [-0.25, -0.2) is 0 Å². The van der Waals surface area contributed by atoms with Gasteiger partial charge >= 0.3 is 6.18 Å². The third kappa shape index (κ3) is 2.76. The van der Waals surface area contributed by atoms with E-state index in [-0.39, 0.29) is 23.5 Å². The minimum absolute atomic E-state index is 0.0916. The number of nitro groups is 1. The van der Waals surface area contributed by atoms with Crippen LogP contribution in [0.1, 0.15) is 16.8 Å². The van der Waals surface area contributed by atoms with Crippen LogP contribution >= 0.6 is 0 Å². The number of alkyl halides is 3. The monoisotopic (exact) mass is 375 g/mol. The first kappa shape index (κ1) is 17.5. The molecule has 0 bridgehead atoms. The smallest absolute Gasteiger partial charge is 0.356 e. The maximum Gasteiger partial charge on any atom is 0.412 e. The summed E-state index contributed by atoms with van der Waals surface area (Å²) in [7, 11) is 0. The molecule has 1 aliphatic rings. The standard InChI is InChI=1S/C19H16F3N3O2/c20-19(21,22)18(11-12-4-3-5-13(10-12)25(26)27)17-15(8-9-23-18)14-6-1-2-7-16(14)24-17/h1-7,10,23-24H,8-9,11H2. The summed E-state index contributed by atoms with van der Waals surface area (Å²) in [5, 5.41) is 14.4. The Kier molecular flexibility index (Phi) is 3.96. The summed E-state index contributed by atoms with van der Waals surface area (Å²) in [5.74, 6) is 0. The number of benzene rings is 2. The van der Waals surface area contributed by atoms with Crippen molar-refractivity contribution >= 4 is 16.6 Å². The number of hydrogen-bond acceptors (Lipinski definition) is 3. The van der Waals surface area contributed by atoms with Crippen LogP contribution in [-0.2, 0) is 18.4 Å². The number of halogens is 3. The second-order valence-corrected chi connectivity index (χ2v) is 6.71. The number of hydrogen-bond donors (Lipinski definition) is 2. The van der Waals surface area contributed by atoms with E-state index in [4.69, 9.17) is 0 Å². The van der Waals surface area contributed by atoms with E-state index in [0.717, 1.165) is 5.39 Å². The SMILES string of the molecule is O=[N+]([O-])c1cccc(CC2(C(F)(F)F)NCCc3c2[nH]c2ccccc32)c1. The van der Waals surface area contributed by atoms with Crippen molar-refractivity contribution in [3.63, 3.8) is 0 Å². The first-order valence-electron chi connectivity index (χ1n) is 8.47. The number of nitrogens with one attached hydrogen (secondary N) is 2. The Balaban J connectivity index is 1.89. The number of para-hydroxylation sites is 1. The van der Waals surface area contributed by atoms with E-state index in [2.05, 4.69) is 10.3 Å². The minimum atomic E-state index is -4.59. The van der Waals surface area contributed by atoms with Gasteiger partial charge in [0, 0.05) is 41.7 Å². The van der Waals surface area contributed by atoms with Crippen molar-refractivity contribution in [2.45, 2.75) is 24.6 Å². The highest BCUT2D eigenvalue weighted by molar-refractivity contribution is 5.85. The highest BCUT2D eigenvalue weighted by atomic mass is 19.4. The number of H-pyrrole nitrogens is 1. The van der Waals surface area contributed by atoms with E-state index in [9.17, 15) is 23.3 Å². The van der Waals surface area contributed by atoms with Crippen molar-refractivity contribution in [2.24, 2.45) is 0 Å². The normalized spacial score (nSPS) is 19.8. The van der Waals surface area contributed by atoms with Gasteiger partial charge in [-0.1, -0.05) is 30.3 Å². The molecule has 0 saturated carbocycles. The van der Waals surface area contributed by atoms with Crippen molar-refractivity contribution in [3.05, 3.63) is 75.5 Å². The molecular weight excluding hydrogens is 359 g/mol. The lowest BCUT2D eigenvalue weighted by Crippen LogP contribution is -2.58. The lowest BCUT2D eigenvalue weighted by molar-refractivity contribution is -0.384. The van der Waals surface area contributed by atoms with Crippen LogP contribution in [-0.4, -0.2) is 22.6 Å². The lowest BCUT2D eigenvalue weighted by atomic mass is 9.81. The topological polar surface area (TPSA) is 71.0 Å². The van der Waals surface area contributed by atoms with Gasteiger partial charge in [0.15, 0.2) is 5.54 Å². The predicted molar refractivity (Wildman–Crippen MR) is 94.5 cm³/mol. The van der Waals surface area contributed by atoms with Gasteiger partial charge in [-0.2, -0.15) is 13.2 Å². The zero-order chi connectivity index (χ0) is 19.2. The molecule has 27 heavy (non-hydrogen) atoms. The van der Waals surface area contributed by atoms with Crippen molar-refractivity contribution < 1.29 is 18.1 Å². The molecule has 5 nitrogen and oxygen atoms in total. The van der Waals surface area contributed by atoms with Crippen LogP contribution in [0.3, 0.4) is 0 Å². The molecule has 0 saturated heterocycles. The molecule has 0 radical (unpaired) electrons. The van der Waals surface area contributed by atoms with Crippen LogP contribution in [0, 0.1) is 10.1 Å². The Morgan fingerprint density at radius 3 is 2.67 bits per heavy atom. The fourth-order valence-corrected chi connectivity index (χ4v) is 3.89. The maximum absolute atomic E-state index is 14.3. The summed E-state index contributed by atoms with van der Waals surface area (Å²) in [4.78, 5) is 13.3. The molecule has 3 aromatic rings. The average Bonchev–Trinajstić information content (AvgIpc) is 3.01. The van der Waals surface area contributed by atoms with E-state index < -0.39 is 23.1 Å². The molecule has 1 atom stereocenters. The van der Waals surface area contributed by atoms with Crippen LogP contribution in [0.4, 0.5) is 18.9 Å². The molecule has 1 aromatic heterocycles. The fourth-order valence-electron chi connectivity index (χ4n) is 3.89. The van der Waals surface area contributed by atoms with Gasteiger partial charge in [-0.05, 0) is 23.6 Å². The molecule has 2 aromatic carbocycles. The largest absolute Gasteiger partial charge is 0.412 e. The van der Waals surface area contributed by atoms with Gasteiger partial charge in [-0.3, -0.25) is 15.4 Å². The molecule has 0 amide bonds. The van der Waals surface area contributed by atoms with E-state index in [1.807, 2.05) is 6.07 Å². The third-order valence-corrected chi connectivity index (χ3v) is 5.12. The summed E-state index contributed by atoms with van der Waals surface area (Å²) < 4.78 is 43.0. The number of nitro benzene ring substituents is 1. The molecule has 0 fully saturated rings. The Bertz CT molecular complexity index is 1030. The maximum atomic E-state index is 14.3. The first-order valence-corrected chi connectivity index (χ1v) is 8.47. The molecule has 2 N–H and O–H groups in total. The Morgan fingerprint density at radius 1 is 1.15 bits per heavy atom. The zero-order valence-electron chi connectivity index (χ0n) is 14.1. The van der Waals surface area contributed by atoms with Gasteiger partial charge in [-0.15, -0.1) is 0 Å². The summed E-state index contributed by atoms with van der Waals surface area (Å²) in [5.41, 5.74) is -0.910. The van der Waals surface area contributed by atoms with Crippen molar-refractivity contribution in [1.29, 1.82) is 0 Å². The number of aromatic nitrogens is 1. The average molecular weight is 375 g/mol. The fraction of sp³-hybridized carbons (Fsp3) is 0.263. The quantitative estimate of drug-likeness (QED) is 0.532.